The molecule has 9 heteroatoms. The number of nitrogens with zero attached hydrogens (tertiary/aromatic N) is 3. The third-order valence-electron chi connectivity index (χ3n) is 4.20. The number of ether oxygens (including phenoxy) is 1. The fraction of sp³-hybridized carbons (Fsp3) is 0.263. The molecule has 0 spiro atoms. The molecular formula is C19H20ClN5O3. The van der Waals surface area contributed by atoms with Crippen LogP contribution in [0.5, 0.6) is 5.88 Å². The largest absolute Gasteiger partial charge is 0.480 e. The number of aromatic nitrogens is 2. The number of likely N-dealkylation sites (tertiary alicyclic amines) is 1. The molecule has 146 valence electrons. The van der Waals surface area contributed by atoms with E-state index >= 15 is 0 Å². The molecule has 1 saturated heterocycles. The molecule has 1 aliphatic rings. The van der Waals surface area contributed by atoms with Gasteiger partial charge in [-0.1, -0.05) is 18.2 Å². The van der Waals surface area contributed by atoms with Crippen LogP contribution in [0.25, 0.3) is 0 Å². The lowest BCUT2D eigenvalue weighted by Gasteiger charge is -2.17. The van der Waals surface area contributed by atoms with Crippen molar-refractivity contribution in [1.82, 2.24) is 14.9 Å². The van der Waals surface area contributed by atoms with Crippen LogP contribution in [0, 0.1) is 0 Å². The van der Waals surface area contributed by atoms with E-state index in [2.05, 4.69) is 27.2 Å². The Labute approximate surface area is 171 Å². The van der Waals surface area contributed by atoms with Crippen molar-refractivity contribution in [2.24, 2.45) is 0 Å². The van der Waals surface area contributed by atoms with Gasteiger partial charge in [0.15, 0.2) is 0 Å². The third-order valence-corrected chi connectivity index (χ3v) is 4.46. The molecule has 0 saturated carbocycles. The summed E-state index contributed by atoms with van der Waals surface area (Å²) in [6, 6.07) is 6.45. The minimum absolute atomic E-state index is 0.0161. The Bertz CT molecular complexity index is 985. The molecule has 0 aliphatic carbocycles. The number of nitrogens with one attached hydrogen (secondary N) is 2. The Balaban J connectivity index is 1.60. The van der Waals surface area contributed by atoms with Crippen molar-refractivity contribution in [2.45, 2.75) is 12.5 Å². The summed E-state index contributed by atoms with van der Waals surface area (Å²) < 4.78 is 26.3. The second-order valence-electron chi connectivity index (χ2n) is 6.10. The molecule has 2 N–H and O–H groups in total. The zero-order valence-electron chi connectivity index (χ0n) is 17.8. The minimum Gasteiger partial charge on any atom is -0.480 e. The maximum Gasteiger partial charge on any atom is 0.253 e. The van der Waals surface area contributed by atoms with Crippen molar-refractivity contribution < 1.29 is 18.4 Å². The lowest BCUT2D eigenvalue weighted by molar-refractivity contribution is -0.111. The van der Waals surface area contributed by atoms with Gasteiger partial charge in [0.25, 0.3) is 5.91 Å². The quantitative estimate of drug-likeness (QED) is 0.718. The van der Waals surface area contributed by atoms with Crippen LogP contribution in [0.15, 0.2) is 43.1 Å². The van der Waals surface area contributed by atoms with Gasteiger partial charge >= 0.3 is 0 Å². The Morgan fingerprint density at radius 2 is 2.21 bits per heavy atom. The van der Waals surface area contributed by atoms with E-state index in [-0.39, 0.29) is 34.7 Å². The average Bonchev–Trinajstić information content (AvgIpc) is 3.18. The Morgan fingerprint density at radius 1 is 1.43 bits per heavy atom. The summed E-state index contributed by atoms with van der Waals surface area (Å²) in [6.07, 6.45) is 3.07. The first kappa shape index (κ1) is 15.9. The minimum atomic E-state index is -2.68. The van der Waals surface area contributed by atoms with Crippen LogP contribution >= 0.6 is 11.6 Å². The van der Waals surface area contributed by atoms with E-state index in [4.69, 9.17) is 20.5 Å². The van der Waals surface area contributed by atoms with Gasteiger partial charge in [0.1, 0.15) is 5.02 Å². The van der Waals surface area contributed by atoms with Crippen molar-refractivity contribution in [2.75, 3.05) is 30.8 Å². The first-order valence-electron chi connectivity index (χ1n) is 9.95. The Hall–Kier alpha value is -3.13. The molecule has 1 atom stereocenters. The molecule has 1 aromatic heterocycles. The van der Waals surface area contributed by atoms with Crippen LogP contribution in [0.1, 0.15) is 20.9 Å². The molecular weight excluding hydrogens is 382 g/mol. The van der Waals surface area contributed by atoms with Gasteiger partial charge in [-0.25, -0.2) is 4.98 Å². The van der Waals surface area contributed by atoms with Crippen molar-refractivity contribution in [3.8, 4) is 5.88 Å². The number of hydrogen-bond donors (Lipinski definition) is 2. The first-order valence-corrected chi connectivity index (χ1v) is 8.83. The standard InChI is InChI=1S/C19H20ClN5O3/c1-3-16(26)22-13-6-4-12(5-7-13)18(27)25-9-8-14(11-25)23-19-21-10-15(20)17(24-19)28-2/h3-7,10,14H,1,8-9,11H2,2H3,(H,22,26)(H,21,23,24)/t14-/m1/s1/i2D3. The fourth-order valence-electron chi connectivity index (χ4n) is 2.81. The molecule has 2 heterocycles. The number of amides is 2. The summed E-state index contributed by atoms with van der Waals surface area (Å²) in [6.45, 7) is 4.33. The van der Waals surface area contributed by atoms with Gasteiger partial charge in [-0.05, 0) is 36.8 Å². The van der Waals surface area contributed by atoms with E-state index in [1.165, 1.54) is 12.3 Å². The van der Waals surface area contributed by atoms with E-state index in [0.29, 0.717) is 30.8 Å². The second-order valence-corrected chi connectivity index (χ2v) is 6.51. The monoisotopic (exact) mass is 404 g/mol. The highest BCUT2D eigenvalue weighted by molar-refractivity contribution is 6.31. The van der Waals surface area contributed by atoms with Crippen LogP contribution < -0.4 is 15.4 Å². The second kappa shape index (κ2) is 8.71. The van der Waals surface area contributed by atoms with Gasteiger partial charge in [-0.3, -0.25) is 9.59 Å². The summed E-state index contributed by atoms with van der Waals surface area (Å²) in [4.78, 5) is 33.8. The molecule has 8 nitrogen and oxygen atoms in total. The zero-order chi connectivity index (χ0) is 22.6. The van der Waals surface area contributed by atoms with Gasteiger partial charge in [0, 0.05) is 30.4 Å². The number of anilines is 2. The molecule has 0 unspecified atom stereocenters. The smallest absolute Gasteiger partial charge is 0.253 e. The van der Waals surface area contributed by atoms with Gasteiger partial charge in [-0.15, -0.1) is 0 Å². The molecule has 2 aromatic rings. The molecule has 1 fully saturated rings. The summed E-state index contributed by atoms with van der Waals surface area (Å²) in [5.41, 5.74) is 1.06. The topological polar surface area (TPSA) is 96.5 Å². The van der Waals surface area contributed by atoms with E-state index in [1.807, 2.05) is 0 Å². The van der Waals surface area contributed by atoms with E-state index < -0.39 is 7.04 Å². The molecule has 3 rings (SSSR count). The van der Waals surface area contributed by atoms with Crippen LogP contribution in [-0.4, -0.2) is 52.9 Å². The SMILES string of the molecule is [2H]C([2H])([2H])Oc1nc(N[C@@H]2CCN(C(=O)c3ccc(NC(=O)C=C)cc3)C2)ncc1Cl. The third kappa shape index (κ3) is 4.58. The molecule has 2 amide bonds. The van der Waals surface area contributed by atoms with Crippen molar-refractivity contribution in [3.05, 3.63) is 53.7 Å². The molecule has 0 bridgehead atoms. The van der Waals surface area contributed by atoms with Crippen molar-refractivity contribution >= 4 is 35.1 Å². The number of rotatable bonds is 6. The molecule has 1 aliphatic heterocycles. The van der Waals surface area contributed by atoms with Gasteiger partial charge in [-0.2, -0.15) is 4.98 Å². The summed E-state index contributed by atoms with van der Waals surface area (Å²) in [7, 11) is -2.68. The van der Waals surface area contributed by atoms with Gasteiger partial charge < -0.3 is 20.3 Å². The Kier molecular flexibility index (Phi) is 4.94. The maximum atomic E-state index is 12.8. The highest BCUT2D eigenvalue weighted by Gasteiger charge is 2.27. The average molecular weight is 405 g/mol. The summed E-state index contributed by atoms with van der Waals surface area (Å²) in [5, 5.41) is 5.68. The van der Waals surface area contributed by atoms with Crippen molar-refractivity contribution in [3.63, 3.8) is 0 Å². The van der Waals surface area contributed by atoms with Crippen LogP contribution in [0.2, 0.25) is 5.02 Å². The lowest BCUT2D eigenvalue weighted by atomic mass is 10.2. The number of hydrogen-bond acceptors (Lipinski definition) is 6. The predicted octanol–water partition coefficient (Wildman–Crippen LogP) is 2.59. The Morgan fingerprint density at radius 3 is 2.93 bits per heavy atom. The first-order chi connectivity index (χ1) is 14.6. The highest BCUT2D eigenvalue weighted by atomic mass is 35.5. The summed E-state index contributed by atoms with van der Waals surface area (Å²) >= 11 is 5.89. The van der Waals surface area contributed by atoms with E-state index in [0.717, 1.165) is 0 Å². The molecule has 1 aromatic carbocycles. The number of carbonyl (C=O) groups is 2. The van der Waals surface area contributed by atoms with Crippen LogP contribution in [0.3, 0.4) is 0 Å². The fourth-order valence-corrected chi connectivity index (χ4v) is 2.94. The van der Waals surface area contributed by atoms with E-state index in [1.54, 1.807) is 29.2 Å². The predicted molar refractivity (Wildman–Crippen MR) is 107 cm³/mol. The number of benzene rings is 1. The highest BCUT2D eigenvalue weighted by Crippen LogP contribution is 2.23. The zero-order valence-corrected chi connectivity index (χ0v) is 15.6. The lowest BCUT2D eigenvalue weighted by Crippen LogP contribution is -2.31. The molecule has 28 heavy (non-hydrogen) atoms. The normalized spacial score (nSPS) is 17.8. The van der Waals surface area contributed by atoms with Crippen LogP contribution in [0.4, 0.5) is 11.6 Å². The maximum absolute atomic E-state index is 12.8. The van der Waals surface area contributed by atoms with Gasteiger partial charge in [0.05, 0.1) is 17.3 Å². The number of methoxy groups -OCH3 is 1. The molecule has 0 radical (unpaired) electrons. The van der Waals surface area contributed by atoms with E-state index in [9.17, 15) is 9.59 Å². The van der Waals surface area contributed by atoms with Gasteiger partial charge in [0.2, 0.25) is 17.7 Å². The van der Waals surface area contributed by atoms with Crippen LogP contribution in [-0.2, 0) is 4.79 Å². The summed E-state index contributed by atoms with van der Waals surface area (Å²) in [5.74, 6) is -0.558. The van der Waals surface area contributed by atoms with Crippen molar-refractivity contribution in [1.29, 1.82) is 0 Å². The number of carbonyl (C=O) groups excluding carboxylic acids is 2. The number of halogens is 1.